The molecule has 0 amide bonds. The summed E-state index contributed by atoms with van der Waals surface area (Å²) in [5.74, 6) is 0.425. The first-order valence-electron chi connectivity index (χ1n) is 7.03. The molecule has 4 nitrogen and oxygen atoms in total. The van der Waals surface area contributed by atoms with Crippen LogP contribution in [-0.4, -0.2) is 23.7 Å². The lowest BCUT2D eigenvalue weighted by Crippen LogP contribution is -2.27. The van der Waals surface area contributed by atoms with E-state index in [1.54, 1.807) is 6.92 Å². The zero-order valence-electron chi connectivity index (χ0n) is 11.7. The molecule has 2 rings (SSSR count). The van der Waals surface area contributed by atoms with Crippen molar-refractivity contribution in [3.8, 4) is 0 Å². The topological polar surface area (TPSA) is 46.6 Å². The van der Waals surface area contributed by atoms with Gasteiger partial charge in [0.1, 0.15) is 11.4 Å². The minimum absolute atomic E-state index is 0.523. The number of alkyl halides is 1. The van der Waals surface area contributed by atoms with Crippen LogP contribution in [0.2, 0.25) is 0 Å². The number of rotatable bonds is 4. The molecule has 1 atom stereocenters. The van der Waals surface area contributed by atoms with Gasteiger partial charge in [0.05, 0.1) is 6.54 Å². The van der Waals surface area contributed by atoms with Gasteiger partial charge >= 0.3 is 5.82 Å². The van der Waals surface area contributed by atoms with Crippen molar-refractivity contribution in [3.05, 3.63) is 22.1 Å². The predicted octanol–water partition coefficient (Wildman–Crippen LogP) is 3.04. The largest absolute Gasteiger partial charge is 0.519 e. The second-order valence-corrected chi connectivity index (χ2v) is 5.46. The number of likely N-dealkylation sites (tertiary alicyclic amines) is 1. The van der Waals surface area contributed by atoms with Gasteiger partial charge in [0.15, 0.2) is 5.76 Å². The summed E-state index contributed by atoms with van der Waals surface area (Å²) < 4.78 is 24.4. The Morgan fingerprint density at radius 2 is 2.11 bits per heavy atom. The van der Waals surface area contributed by atoms with E-state index in [-0.39, 0.29) is 0 Å². The molecule has 0 aromatic carbocycles. The lowest BCUT2D eigenvalue weighted by atomic mass is 9.92. The molecule has 0 bridgehead atoms. The zero-order valence-corrected chi connectivity index (χ0v) is 11.7. The summed E-state index contributed by atoms with van der Waals surface area (Å²) in [4.78, 5) is 13.1. The molecule has 1 aromatic rings. The Labute approximate surface area is 112 Å². The summed E-state index contributed by atoms with van der Waals surface area (Å²) in [6.07, 6.45) is 3.55. The Bertz CT molecular complexity index is 468. The standard InChI is InChI=1S/C14H22FNO3/c1-3-5-14(15)6-4-8-16(9-7-14)10-12-11(2)18-13(17)19-12/h3-10H2,1-2H3. The highest BCUT2D eigenvalue weighted by atomic mass is 19.1. The lowest BCUT2D eigenvalue weighted by Gasteiger charge is -2.23. The molecule has 1 aliphatic rings. The fourth-order valence-corrected chi connectivity index (χ4v) is 2.79. The first-order chi connectivity index (χ1) is 9.02. The Balaban J connectivity index is 1.96. The Morgan fingerprint density at radius 3 is 2.74 bits per heavy atom. The third-order valence-corrected chi connectivity index (χ3v) is 3.88. The number of hydrogen-bond acceptors (Lipinski definition) is 4. The molecule has 108 valence electrons. The molecular formula is C14H22FNO3. The predicted molar refractivity (Wildman–Crippen MR) is 69.9 cm³/mol. The normalized spacial score (nSPS) is 25.4. The van der Waals surface area contributed by atoms with Crippen molar-refractivity contribution < 1.29 is 13.2 Å². The summed E-state index contributed by atoms with van der Waals surface area (Å²) in [5.41, 5.74) is -1.02. The summed E-state index contributed by atoms with van der Waals surface area (Å²) in [6, 6.07) is 0. The van der Waals surface area contributed by atoms with Gasteiger partial charge in [0.25, 0.3) is 0 Å². The quantitative estimate of drug-likeness (QED) is 0.844. The molecule has 0 aliphatic carbocycles. The maximum atomic E-state index is 14.5. The van der Waals surface area contributed by atoms with E-state index in [9.17, 15) is 9.18 Å². The highest BCUT2D eigenvalue weighted by Crippen LogP contribution is 2.31. The number of nitrogens with zero attached hydrogens (tertiary/aromatic N) is 1. The maximum Gasteiger partial charge on any atom is 0.519 e. The Morgan fingerprint density at radius 1 is 1.32 bits per heavy atom. The van der Waals surface area contributed by atoms with Crippen LogP contribution in [0.5, 0.6) is 0 Å². The smallest absolute Gasteiger partial charge is 0.396 e. The SMILES string of the molecule is CCCC1(F)CCCN(Cc2oc(=O)oc2C)CC1. The van der Waals surface area contributed by atoms with Gasteiger partial charge < -0.3 is 8.83 Å². The van der Waals surface area contributed by atoms with Crippen molar-refractivity contribution in [1.82, 2.24) is 4.90 Å². The van der Waals surface area contributed by atoms with Crippen LogP contribution in [0.4, 0.5) is 4.39 Å². The molecule has 0 N–H and O–H groups in total. The fourth-order valence-electron chi connectivity index (χ4n) is 2.79. The third-order valence-electron chi connectivity index (χ3n) is 3.88. The molecule has 0 spiro atoms. The van der Waals surface area contributed by atoms with E-state index in [1.807, 2.05) is 6.92 Å². The first kappa shape index (κ1) is 14.3. The molecular weight excluding hydrogens is 249 g/mol. The fraction of sp³-hybridized carbons (Fsp3) is 0.786. The van der Waals surface area contributed by atoms with Crippen molar-refractivity contribution >= 4 is 0 Å². The van der Waals surface area contributed by atoms with Crippen molar-refractivity contribution in [2.75, 3.05) is 13.1 Å². The van der Waals surface area contributed by atoms with Crippen LogP contribution in [0.3, 0.4) is 0 Å². The zero-order chi connectivity index (χ0) is 13.9. The summed E-state index contributed by atoms with van der Waals surface area (Å²) in [6.45, 7) is 5.80. The third kappa shape index (κ3) is 3.69. The summed E-state index contributed by atoms with van der Waals surface area (Å²) in [7, 11) is 0. The van der Waals surface area contributed by atoms with Crippen LogP contribution in [0.25, 0.3) is 0 Å². The van der Waals surface area contributed by atoms with Crippen LogP contribution in [0.15, 0.2) is 13.6 Å². The van der Waals surface area contributed by atoms with E-state index >= 15 is 0 Å². The van der Waals surface area contributed by atoms with Crippen molar-refractivity contribution in [1.29, 1.82) is 0 Å². The van der Waals surface area contributed by atoms with Crippen molar-refractivity contribution in [2.24, 2.45) is 0 Å². The Hall–Kier alpha value is -1.10. The summed E-state index contributed by atoms with van der Waals surface area (Å²) >= 11 is 0. The van der Waals surface area contributed by atoms with E-state index in [0.29, 0.717) is 43.9 Å². The molecule has 1 aliphatic heterocycles. The van der Waals surface area contributed by atoms with E-state index in [2.05, 4.69) is 4.90 Å². The maximum absolute atomic E-state index is 14.5. The molecule has 1 fully saturated rings. The molecule has 1 unspecified atom stereocenters. The van der Waals surface area contributed by atoms with E-state index in [4.69, 9.17) is 8.83 Å². The monoisotopic (exact) mass is 271 g/mol. The number of aryl methyl sites for hydroxylation is 1. The van der Waals surface area contributed by atoms with Crippen LogP contribution in [-0.2, 0) is 6.54 Å². The van der Waals surface area contributed by atoms with Crippen molar-refractivity contribution in [3.63, 3.8) is 0 Å². The van der Waals surface area contributed by atoms with Gasteiger partial charge in [0, 0.05) is 6.54 Å². The molecule has 19 heavy (non-hydrogen) atoms. The highest BCUT2D eigenvalue weighted by Gasteiger charge is 2.31. The second-order valence-electron chi connectivity index (χ2n) is 5.46. The van der Waals surface area contributed by atoms with Gasteiger partial charge in [0.2, 0.25) is 0 Å². The molecule has 5 heteroatoms. The van der Waals surface area contributed by atoms with Crippen molar-refractivity contribution in [2.45, 2.75) is 58.2 Å². The van der Waals surface area contributed by atoms with Crippen LogP contribution >= 0.6 is 0 Å². The van der Waals surface area contributed by atoms with E-state index in [0.717, 1.165) is 19.4 Å². The minimum atomic E-state index is -1.02. The number of hydrogen-bond donors (Lipinski definition) is 0. The van der Waals surface area contributed by atoms with Gasteiger partial charge in [-0.05, 0) is 39.2 Å². The molecule has 1 saturated heterocycles. The molecule has 1 aromatic heterocycles. The van der Waals surface area contributed by atoms with Crippen LogP contribution in [0, 0.1) is 6.92 Å². The van der Waals surface area contributed by atoms with E-state index < -0.39 is 11.5 Å². The van der Waals surface area contributed by atoms with E-state index in [1.165, 1.54) is 0 Å². The minimum Gasteiger partial charge on any atom is -0.396 e. The van der Waals surface area contributed by atoms with Gasteiger partial charge in [-0.25, -0.2) is 9.18 Å². The molecule has 2 heterocycles. The highest BCUT2D eigenvalue weighted by molar-refractivity contribution is 5.00. The Kier molecular flexibility index (Phi) is 4.45. The van der Waals surface area contributed by atoms with Gasteiger partial charge in [-0.1, -0.05) is 13.3 Å². The van der Waals surface area contributed by atoms with Gasteiger partial charge in [-0.2, -0.15) is 0 Å². The van der Waals surface area contributed by atoms with Gasteiger partial charge in [-0.15, -0.1) is 0 Å². The first-order valence-corrected chi connectivity index (χ1v) is 7.03. The second kappa shape index (κ2) is 5.90. The average Bonchev–Trinajstić information content (AvgIpc) is 2.54. The molecule has 0 radical (unpaired) electrons. The number of halogens is 1. The van der Waals surface area contributed by atoms with Gasteiger partial charge in [-0.3, -0.25) is 4.90 Å². The van der Waals surface area contributed by atoms with Crippen LogP contribution < -0.4 is 5.82 Å². The molecule has 0 saturated carbocycles. The lowest BCUT2D eigenvalue weighted by molar-refractivity contribution is 0.123. The van der Waals surface area contributed by atoms with Crippen LogP contribution in [0.1, 0.15) is 50.5 Å². The summed E-state index contributed by atoms with van der Waals surface area (Å²) in [5, 5.41) is 0. The average molecular weight is 271 g/mol.